The number of rotatable bonds is 4. The highest BCUT2D eigenvalue weighted by atomic mass is 35.5. The molecule has 0 spiro atoms. The van der Waals surface area contributed by atoms with E-state index in [0.29, 0.717) is 18.1 Å². The van der Waals surface area contributed by atoms with Crippen LogP contribution in [0.2, 0.25) is 5.02 Å². The van der Waals surface area contributed by atoms with Gasteiger partial charge in [0.1, 0.15) is 5.75 Å². The molecule has 0 radical (unpaired) electrons. The quantitative estimate of drug-likeness (QED) is 0.917. The van der Waals surface area contributed by atoms with Crippen LogP contribution in [0.5, 0.6) is 5.75 Å². The van der Waals surface area contributed by atoms with Gasteiger partial charge in [0.25, 0.3) is 0 Å². The second-order valence-electron chi connectivity index (χ2n) is 4.69. The first-order valence-electron chi connectivity index (χ1n) is 6.55. The minimum Gasteiger partial charge on any atom is -0.493 e. The number of amides is 1. The fourth-order valence-corrected chi connectivity index (χ4v) is 2.27. The van der Waals surface area contributed by atoms with Gasteiger partial charge < -0.3 is 15.0 Å². The zero-order chi connectivity index (χ0) is 13.7. The molecule has 19 heavy (non-hydrogen) atoms. The smallest absolute Gasteiger partial charge is 0.226 e. The molecule has 0 aromatic heterocycles. The Bertz CT molecular complexity index is 422. The third kappa shape index (κ3) is 4.11. The molecule has 1 atom stereocenters. The first kappa shape index (κ1) is 14.2. The molecule has 1 N–H and O–H groups in total. The van der Waals surface area contributed by atoms with Crippen LogP contribution >= 0.6 is 11.6 Å². The van der Waals surface area contributed by atoms with Crippen LogP contribution in [0.3, 0.4) is 0 Å². The van der Waals surface area contributed by atoms with Gasteiger partial charge in [-0.05, 0) is 31.2 Å². The van der Waals surface area contributed by atoms with Crippen LogP contribution < -0.4 is 10.1 Å². The summed E-state index contributed by atoms with van der Waals surface area (Å²) in [5.74, 6) is 0.897. The Hall–Kier alpha value is -1.26. The topological polar surface area (TPSA) is 41.6 Å². The Balaban J connectivity index is 1.75. The number of ether oxygens (including phenoxy) is 1. The Labute approximate surface area is 118 Å². The molecule has 5 heteroatoms. The van der Waals surface area contributed by atoms with Crippen molar-refractivity contribution >= 4 is 17.5 Å². The number of hydrogen-bond acceptors (Lipinski definition) is 3. The monoisotopic (exact) mass is 282 g/mol. The number of nitrogens with zero attached hydrogens (tertiary/aromatic N) is 1. The molecule has 104 valence electrons. The third-order valence-electron chi connectivity index (χ3n) is 3.22. The summed E-state index contributed by atoms with van der Waals surface area (Å²) in [6.07, 6.45) is 0.410. The van der Waals surface area contributed by atoms with Crippen molar-refractivity contribution in [3.8, 4) is 5.75 Å². The number of carbonyl (C=O) groups excluding carboxylic acids is 1. The van der Waals surface area contributed by atoms with Crippen molar-refractivity contribution in [3.63, 3.8) is 0 Å². The molecule has 1 amide bonds. The molecule has 1 aromatic carbocycles. The highest BCUT2D eigenvalue weighted by molar-refractivity contribution is 6.30. The summed E-state index contributed by atoms with van der Waals surface area (Å²) in [6.45, 7) is 4.97. The van der Waals surface area contributed by atoms with Crippen molar-refractivity contribution in [2.45, 2.75) is 19.4 Å². The van der Waals surface area contributed by atoms with Crippen LogP contribution in [0.1, 0.15) is 13.3 Å². The molecule has 1 fully saturated rings. The van der Waals surface area contributed by atoms with E-state index in [1.54, 1.807) is 24.3 Å². The minimum absolute atomic E-state index is 0.156. The van der Waals surface area contributed by atoms with Gasteiger partial charge in [0.05, 0.1) is 13.0 Å². The molecule has 2 rings (SSSR count). The van der Waals surface area contributed by atoms with Gasteiger partial charge in [0, 0.05) is 30.7 Å². The van der Waals surface area contributed by atoms with Gasteiger partial charge in [-0.15, -0.1) is 0 Å². The number of benzene rings is 1. The average Bonchev–Trinajstić information content (AvgIpc) is 2.41. The van der Waals surface area contributed by atoms with Gasteiger partial charge in [0.15, 0.2) is 0 Å². The van der Waals surface area contributed by atoms with Gasteiger partial charge in [-0.3, -0.25) is 4.79 Å². The first-order chi connectivity index (χ1) is 9.16. The summed E-state index contributed by atoms with van der Waals surface area (Å²) >= 11 is 5.79. The SMILES string of the molecule is C[C@H]1CNCCN1C(=O)CCOc1ccc(Cl)cc1. The molecule has 1 aliphatic heterocycles. The number of carbonyl (C=O) groups is 1. The summed E-state index contributed by atoms with van der Waals surface area (Å²) in [6, 6.07) is 7.42. The van der Waals surface area contributed by atoms with Crippen molar-refractivity contribution in [1.82, 2.24) is 10.2 Å². The summed E-state index contributed by atoms with van der Waals surface area (Å²) in [7, 11) is 0. The van der Waals surface area contributed by atoms with Crippen molar-refractivity contribution in [2.24, 2.45) is 0 Å². The molecule has 1 heterocycles. The van der Waals surface area contributed by atoms with Crippen molar-refractivity contribution in [1.29, 1.82) is 0 Å². The normalized spacial score (nSPS) is 19.3. The lowest BCUT2D eigenvalue weighted by atomic mass is 10.2. The number of piperazine rings is 1. The van der Waals surface area contributed by atoms with E-state index in [4.69, 9.17) is 16.3 Å². The Morgan fingerprint density at radius 2 is 2.21 bits per heavy atom. The Morgan fingerprint density at radius 1 is 1.47 bits per heavy atom. The molecule has 0 unspecified atom stereocenters. The maximum Gasteiger partial charge on any atom is 0.226 e. The Kier molecular flexibility index (Phi) is 5.05. The molecular weight excluding hydrogens is 264 g/mol. The van der Waals surface area contributed by atoms with Crippen molar-refractivity contribution < 1.29 is 9.53 Å². The number of nitrogens with one attached hydrogen (secondary N) is 1. The lowest BCUT2D eigenvalue weighted by molar-refractivity contribution is -0.134. The largest absolute Gasteiger partial charge is 0.493 e. The van der Waals surface area contributed by atoms with Gasteiger partial charge in [-0.1, -0.05) is 11.6 Å². The van der Waals surface area contributed by atoms with Crippen molar-refractivity contribution in [2.75, 3.05) is 26.2 Å². The van der Waals surface area contributed by atoms with Crippen LogP contribution in [0.15, 0.2) is 24.3 Å². The van der Waals surface area contributed by atoms with E-state index in [1.807, 2.05) is 4.90 Å². The molecule has 4 nitrogen and oxygen atoms in total. The van der Waals surface area contributed by atoms with E-state index in [0.717, 1.165) is 25.4 Å². The van der Waals surface area contributed by atoms with Gasteiger partial charge in [-0.2, -0.15) is 0 Å². The maximum absolute atomic E-state index is 12.0. The molecule has 1 saturated heterocycles. The van der Waals surface area contributed by atoms with Crippen LogP contribution in [0.4, 0.5) is 0 Å². The summed E-state index contributed by atoms with van der Waals surface area (Å²) in [5.41, 5.74) is 0. The van der Waals surface area contributed by atoms with Crippen LogP contribution in [-0.4, -0.2) is 43.1 Å². The lowest BCUT2D eigenvalue weighted by Gasteiger charge is -2.34. The van der Waals surface area contributed by atoms with E-state index in [2.05, 4.69) is 12.2 Å². The van der Waals surface area contributed by atoms with Gasteiger partial charge >= 0.3 is 0 Å². The van der Waals surface area contributed by atoms with Crippen LogP contribution in [0, 0.1) is 0 Å². The summed E-state index contributed by atoms with van der Waals surface area (Å²) in [5, 5.41) is 3.95. The predicted molar refractivity (Wildman–Crippen MR) is 75.6 cm³/mol. The summed E-state index contributed by atoms with van der Waals surface area (Å²) < 4.78 is 5.54. The predicted octanol–water partition coefficient (Wildman–Crippen LogP) is 1.93. The van der Waals surface area contributed by atoms with E-state index >= 15 is 0 Å². The van der Waals surface area contributed by atoms with E-state index in [9.17, 15) is 4.79 Å². The molecular formula is C14H19ClN2O2. The average molecular weight is 283 g/mol. The lowest BCUT2D eigenvalue weighted by Crippen LogP contribution is -2.52. The molecule has 0 aliphatic carbocycles. The molecule has 1 aliphatic rings. The second kappa shape index (κ2) is 6.78. The highest BCUT2D eigenvalue weighted by Crippen LogP contribution is 2.15. The molecule has 0 bridgehead atoms. The molecule has 0 saturated carbocycles. The Morgan fingerprint density at radius 3 is 2.89 bits per heavy atom. The van der Waals surface area contributed by atoms with Crippen molar-refractivity contribution in [3.05, 3.63) is 29.3 Å². The minimum atomic E-state index is 0.156. The van der Waals surface area contributed by atoms with E-state index < -0.39 is 0 Å². The zero-order valence-corrected chi connectivity index (χ0v) is 11.8. The maximum atomic E-state index is 12.0. The van der Waals surface area contributed by atoms with Crippen LogP contribution in [0.25, 0.3) is 0 Å². The number of halogens is 1. The second-order valence-corrected chi connectivity index (χ2v) is 5.13. The fourth-order valence-electron chi connectivity index (χ4n) is 2.14. The number of hydrogen-bond donors (Lipinski definition) is 1. The van der Waals surface area contributed by atoms with E-state index in [-0.39, 0.29) is 11.9 Å². The summed E-state index contributed by atoms with van der Waals surface area (Å²) in [4.78, 5) is 14.0. The van der Waals surface area contributed by atoms with E-state index in [1.165, 1.54) is 0 Å². The first-order valence-corrected chi connectivity index (χ1v) is 6.93. The zero-order valence-electron chi connectivity index (χ0n) is 11.1. The molecule has 1 aromatic rings. The van der Waals surface area contributed by atoms with Gasteiger partial charge in [-0.25, -0.2) is 0 Å². The standard InChI is InChI=1S/C14H19ClN2O2/c1-11-10-16-7-8-17(11)14(18)6-9-19-13-4-2-12(15)3-5-13/h2-5,11,16H,6-10H2,1H3/t11-/m0/s1. The highest BCUT2D eigenvalue weighted by Gasteiger charge is 2.22. The van der Waals surface area contributed by atoms with Crippen LogP contribution in [-0.2, 0) is 4.79 Å². The third-order valence-corrected chi connectivity index (χ3v) is 3.47. The van der Waals surface area contributed by atoms with Gasteiger partial charge in [0.2, 0.25) is 5.91 Å². The fraction of sp³-hybridized carbons (Fsp3) is 0.500.